The number of para-hydroxylation sites is 1. The van der Waals surface area contributed by atoms with Crippen LogP contribution in [0, 0.1) is 17.8 Å². The lowest BCUT2D eigenvalue weighted by molar-refractivity contribution is -0.00453. The highest BCUT2D eigenvalue weighted by molar-refractivity contribution is 6.13. The molecule has 1 aromatic heterocycles. The Kier molecular flexibility index (Phi) is 5.13. The highest BCUT2D eigenvalue weighted by Crippen LogP contribution is 2.61. The topological polar surface area (TPSA) is 54.4 Å². The van der Waals surface area contributed by atoms with Crippen molar-refractivity contribution >= 4 is 44.6 Å². The molecule has 4 nitrogen and oxygen atoms in total. The molecular formula is C35H31N3O. The number of hydrazone groups is 1. The molecule has 1 N–H and O–H groups in total. The van der Waals surface area contributed by atoms with Crippen LogP contribution < -0.4 is 5.43 Å². The number of benzene rings is 4. The quantitative estimate of drug-likeness (QED) is 0.153. The Labute approximate surface area is 228 Å². The lowest BCUT2D eigenvalue weighted by Gasteiger charge is -2.57. The Hall–Kier alpha value is -4.05. The molecule has 192 valence electrons. The second kappa shape index (κ2) is 8.74. The molecule has 0 unspecified atom stereocenters. The van der Waals surface area contributed by atoms with Crippen LogP contribution in [0.25, 0.3) is 32.4 Å². The third kappa shape index (κ3) is 3.76. The first kappa shape index (κ1) is 22.9. The van der Waals surface area contributed by atoms with Gasteiger partial charge in [0.1, 0.15) is 5.69 Å². The second-order valence-corrected chi connectivity index (χ2v) is 12.2. The van der Waals surface area contributed by atoms with E-state index in [1.54, 1.807) is 6.21 Å². The predicted molar refractivity (Wildman–Crippen MR) is 158 cm³/mol. The van der Waals surface area contributed by atoms with Crippen LogP contribution in [0.5, 0.6) is 0 Å². The molecule has 39 heavy (non-hydrogen) atoms. The molecule has 4 fully saturated rings. The fourth-order valence-corrected chi connectivity index (χ4v) is 8.57. The summed E-state index contributed by atoms with van der Waals surface area (Å²) in [7, 11) is 0. The number of nitrogens with zero attached hydrogens (tertiary/aromatic N) is 2. The Morgan fingerprint density at radius 3 is 1.97 bits per heavy atom. The Bertz CT molecular complexity index is 1710. The Morgan fingerprint density at radius 1 is 0.769 bits per heavy atom. The zero-order valence-corrected chi connectivity index (χ0v) is 21.9. The van der Waals surface area contributed by atoms with Crippen molar-refractivity contribution in [1.29, 1.82) is 0 Å². The van der Waals surface area contributed by atoms with E-state index in [9.17, 15) is 4.79 Å². The number of nitrogens with one attached hydrogen (secondary N) is 1. The number of aromatic nitrogens is 1. The van der Waals surface area contributed by atoms with Crippen LogP contribution in [0.1, 0.15) is 60.1 Å². The van der Waals surface area contributed by atoms with Gasteiger partial charge in [-0.05, 0) is 107 Å². The van der Waals surface area contributed by atoms with E-state index in [-0.39, 0.29) is 11.3 Å². The van der Waals surface area contributed by atoms with E-state index in [2.05, 4.69) is 59.1 Å². The molecule has 4 aliphatic carbocycles. The molecule has 0 atom stereocenters. The molecule has 0 aliphatic heterocycles. The van der Waals surface area contributed by atoms with Crippen molar-refractivity contribution in [2.24, 2.45) is 22.9 Å². The Balaban J connectivity index is 1.16. The molecule has 1 heterocycles. The molecule has 0 radical (unpaired) electrons. The molecule has 1 amide bonds. The molecule has 4 aromatic carbocycles. The van der Waals surface area contributed by atoms with Crippen molar-refractivity contribution < 1.29 is 4.79 Å². The summed E-state index contributed by atoms with van der Waals surface area (Å²) < 4.78 is 0. The monoisotopic (exact) mass is 509 g/mol. The van der Waals surface area contributed by atoms with E-state index in [1.165, 1.54) is 49.5 Å². The fourth-order valence-electron chi connectivity index (χ4n) is 8.57. The largest absolute Gasteiger partial charge is 0.289 e. The van der Waals surface area contributed by atoms with Crippen molar-refractivity contribution in [2.75, 3.05) is 0 Å². The number of pyridine rings is 1. The maximum atomic E-state index is 13.5. The van der Waals surface area contributed by atoms with Gasteiger partial charge in [0.25, 0.3) is 5.91 Å². The van der Waals surface area contributed by atoms with Crippen LogP contribution in [0.2, 0.25) is 0 Å². The molecule has 4 saturated carbocycles. The van der Waals surface area contributed by atoms with Crippen LogP contribution in [0.4, 0.5) is 0 Å². The van der Waals surface area contributed by atoms with Gasteiger partial charge in [-0.2, -0.15) is 5.10 Å². The number of fused-ring (bicyclic) bond motifs is 3. The van der Waals surface area contributed by atoms with Crippen molar-refractivity contribution in [3.63, 3.8) is 0 Å². The number of hydrogen-bond donors (Lipinski definition) is 1. The molecule has 4 aliphatic rings. The van der Waals surface area contributed by atoms with Crippen molar-refractivity contribution in [1.82, 2.24) is 10.4 Å². The second-order valence-electron chi connectivity index (χ2n) is 12.2. The van der Waals surface area contributed by atoms with Crippen molar-refractivity contribution in [3.8, 4) is 0 Å². The van der Waals surface area contributed by atoms with Gasteiger partial charge in [-0.25, -0.2) is 10.4 Å². The minimum Gasteiger partial charge on any atom is -0.266 e. The lowest BCUT2D eigenvalue weighted by Crippen LogP contribution is -2.48. The van der Waals surface area contributed by atoms with Gasteiger partial charge >= 0.3 is 0 Å². The van der Waals surface area contributed by atoms with Gasteiger partial charge < -0.3 is 0 Å². The summed E-state index contributed by atoms with van der Waals surface area (Å²) in [6.07, 6.45) is 9.72. The number of rotatable bonds is 4. The first-order valence-corrected chi connectivity index (χ1v) is 14.3. The smallest absolute Gasteiger partial charge is 0.266 e. The van der Waals surface area contributed by atoms with E-state index >= 15 is 0 Å². The zero-order valence-electron chi connectivity index (χ0n) is 21.9. The highest BCUT2D eigenvalue weighted by atomic mass is 16.2. The molecule has 0 saturated heterocycles. The standard InChI is InChI=1S/C35H31N3O/c39-34(38-36-21-30-27-9-3-1-7-25(27)16-26-8-2-4-10-28(26)30)33-17-31(29-11-5-6-12-32(29)37-33)35-18-22-13-23(19-35)15-24(14-22)20-35/h1-12,16-17,21-24H,13-15,18-20H2,(H,38,39)/b36-21+. The van der Waals surface area contributed by atoms with E-state index in [0.717, 1.165) is 50.4 Å². The number of carbonyl (C=O) groups excluding carboxylic acids is 1. The first-order valence-electron chi connectivity index (χ1n) is 14.3. The third-order valence-electron chi connectivity index (χ3n) is 9.73. The number of carbonyl (C=O) groups is 1. The maximum Gasteiger partial charge on any atom is 0.289 e. The summed E-state index contributed by atoms with van der Waals surface area (Å²) in [5, 5.41) is 10.2. The van der Waals surface area contributed by atoms with Crippen LogP contribution in [0.3, 0.4) is 0 Å². The predicted octanol–water partition coefficient (Wildman–Crippen LogP) is 7.77. The average molecular weight is 510 g/mol. The van der Waals surface area contributed by atoms with Crippen LogP contribution in [0.15, 0.2) is 90.0 Å². The minimum absolute atomic E-state index is 0.178. The van der Waals surface area contributed by atoms with Crippen molar-refractivity contribution in [2.45, 2.75) is 43.9 Å². The summed E-state index contributed by atoms with van der Waals surface area (Å²) in [5.74, 6) is 2.24. The molecule has 0 spiro atoms. The maximum absolute atomic E-state index is 13.5. The van der Waals surface area contributed by atoms with Crippen molar-refractivity contribution in [3.05, 3.63) is 102 Å². The third-order valence-corrected chi connectivity index (χ3v) is 9.73. The van der Waals surface area contributed by atoms with Gasteiger partial charge in [-0.3, -0.25) is 4.79 Å². The first-order chi connectivity index (χ1) is 19.1. The molecule has 4 bridgehead atoms. The van der Waals surface area contributed by atoms with Gasteiger partial charge in [0.05, 0.1) is 11.7 Å². The molecular weight excluding hydrogens is 478 g/mol. The van der Waals surface area contributed by atoms with Crippen LogP contribution in [-0.4, -0.2) is 17.1 Å². The van der Waals surface area contributed by atoms with Gasteiger partial charge in [0, 0.05) is 10.9 Å². The average Bonchev–Trinajstić information content (AvgIpc) is 2.95. The van der Waals surface area contributed by atoms with Crippen LogP contribution in [-0.2, 0) is 5.41 Å². The lowest BCUT2D eigenvalue weighted by atomic mass is 9.48. The van der Waals surface area contributed by atoms with Gasteiger partial charge in [-0.15, -0.1) is 0 Å². The number of hydrogen-bond acceptors (Lipinski definition) is 3. The molecule has 4 heteroatoms. The summed E-state index contributed by atoms with van der Waals surface area (Å²) in [6.45, 7) is 0. The van der Waals surface area contributed by atoms with Gasteiger partial charge in [0.2, 0.25) is 0 Å². The van der Waals surface area contributed by atoms with Crippen LogP contribution >= 0.6 is 0 Å². The SMILES string of the molecule is O=C(N/N=C/c1c2ccccc2cc2ccccc12)c1cc(C23CC4CC(CC(C4)C2)C3)c2ccccc2n1. The molecule has 9 rings (SSSR count). The highest BCUT2D eigenvalue weighted by Gasteiger charge is 2.52. The van der Waals surface area contributed by atoms with E-state index in [0.29, 0.717) is 5.69 Å². The van der Waals surface area contributed by atoms with E-state index in [4.69, 9.17) is 4.98 Å². The zero-order chi connectivity index (χ0) is 26.0. The van der Waals surface area contributed by atoms with E-state index in [1.807, 2.05) is 36.4 Å². The fraction of sp³-hybridized carbons (Fsp3) is 0.286. The number of amides is 1. The van der Waals surface area contributed by atoms with E-state index < -0.39 is 0 Å². The van der Waals surface area contributed by atoms with Gasteiger partial charge in [-0.1, -0.05) is 66.7 Å². The minimum atomic E-state index is -0.257. The Morgan fingerprint density at radius 2 is 1.33 bits per heavy atom. The normalized spacial score (nSPS) is 25.7. The summed E-state index contributed by atoms with van der Waals surface area (Å²) in [6, 6.07) is 29.3. The summed E-state index contributed by atoms with van der Waals surface area (Å²) >= 11 is 0. The molecule has 5 aromatic rings. The van der Waals surface area contributed by atoms with Gasteiger partial charge in [0.15, 0.2) is 0 Å². The summed E-state index contributed by atoms with van der Waals surface area (Å²) in [4.78, 5) is 18.3. The summed E-state index contributed by atoms with van der Waals surface area (Å²) in [5.41, 5.74) is 6.69.